The van der Waals surface area contributed by atoms with Crippen molar-refractivity contribution in [1.29, 1.82) is 4.78 Å². The number of benzene rings is 2. The highest BCUT2D eigenvalue weighted by Gasteiger charge is 2.35. The van der Waals surface area contributed by atoms with E-state index in [0.717, 1.165) is 18.2 Å². The van der Waals surface area contributed by atoms with Crippen molar-refractivity contribution in [3.05, 3.63) is 65.6 Å². The molecule has 13 heteroatoms. The molecule has 0 aliphatic carbocycles. The van der Waals surface area contributed by atoms with Crippen LogP contribution in [0.3, 0.4) is 0 Å². The lowest BCUT2D eigenvalue weighted by molar-refractivity contribution is -0.141. The lowest BCUT2D eigenvalue weighted by Crippen LogP contribution is -2.18. The molecule has 1 amide bonds. The third-order valence-electron chi connectivity index (χ3n) is 4.17. The molecule has 0 saturated heterocycles. The Morgan fingerprint density at radius 3 is 2.45 bits per heavy atom. The Hall–Kier alpha value is -3.74. The Morgan fingerprint density at radius 2 is 1.82 bits per heavy atom. The molecule has 0 aliphatic heterocycles. The summed E-state index contributed by atoms with van der Waals surface area (Å²) in [5, 5.41) is 8.80. The Morgan fingerprint density at radius 1 is 1.09 bits per heavy atom. The van der Waals surface area contributed by atoms with Gasteiger partial charge < -0.3 is 14.8 Å². The number of nitrogens with one attached hydrogen (secondary N) is 2. The summed E-state index contributed by atoms with van der Waals surface area (Å²) in [5.41, 5.74) is -1.99. The molecule has 0 aliphatic rings. The van der Waals surface area contributed by atoms with E-state index in [1.54, 1.807) is 0 Å². The van der Waals surface area contributed by atoms with Crippen LogP contribution < -0.4 is 14.8 Å². The van der Waals surface area contributed by atoms with E-state index in [0.29, 0.717) is 6.07 Å². The van der Waals surface area contributed by atoms with Crippen LogP contribution >= 0.6 is 0 Å². The van der Waals surface area contributed by atoms with E-state index >= 15 is 0 Å². The maximum atomic E-state index is 13.4. The highest BCUT2D eigenvalue weighted by atomic mass is 32.2. The Kier molecular flexibility index (Phi) is 6.53. The number of halogens is 4. The molecule has 2 aromatic carbocycles. The van der Waals surface area contributed by atoms with Crippen LogP contribution in [0, 0.1) is 10.6 Å². The molecule has 0 radical (unpaired) electrons. The second-order valence-corrected chi connectivity index (χ2v) is 8.83. The first-order valence-electron chi connectivity index (χ1n) is 9.00. The average Bonchev–Trinajstić information content (AvgIpc) is 2.74. The minimum absolute atomic E-state index is 0.0787. The van der Waals surface area contributed by atoms with Crippen LogP contribution in [0.25, 0.3) is 0 Å². The van der Waals surface area contributed by atoms with E-state index < -0.39 is 44.8 Å². The van der Waals surface area contributed by atoms with E-state index in [-0.39, 0.29) is 22.1 Å². The van der Waals surface area contributed by atoms with Crippen LogP contribution in [0.15, 0.2) is 53.4 Å². The van der Waals surface area contributed by atoms with Crippen molar-refractivity contribution in [3.63, 3.8) is 0 Å². The van der Waals surface area contributed by atoms with E-state index in [9.17, 15) is 26.6 Å². The number of rotatable bonds is 6. The van der Waals surface area contributed by atoms with E-state index in [1.165, 1.54) is 37.6 Å². The second-order valence-electron chi connectivity index (χ2n) is 6.67. The van der Waals surface area contributed by atoms with Crippen LogP contribution in [0.1, 0.15) is 16.1 Å². The van der Waals surface area contributed by atoms with E-state index in [2.05, 4.69) is 15.5 Å². The number of hydrogen-bond acceptors (Lipinski definition) is 7. The minimum Gasteiger partial charge on any atom is -0.493 e. The van der Waals surface area contributed by atoms with Crippen molar-refractivity contribution in [2.45, 2.75) is 11.1 Å². The lowest BCUT2D eigenvalue weighted by Gasteiger charge is -2.14. The van der Waals surface area contributed by atoms with Crippen LogP contribution in [-0.4, -0.2) is 33.7 Å². The summed E-state index contributed by atoms with van der Waals surface area (Å²) in [6.07, 6.45) is -3.72. The van der Waals surface area contributed by atoms with Gasteiger partial charge in [0.25, 0.3) is 11.8 Å². The van der Waals surface area contributed by atoms with E-state index in [1.807, 2.05) is 0 Å². The van der Waals surface area contributed by atoms with Crippen molar-refractivity contribution in [3.8, 4) is 17.4 Å². The van der Waals surface area contributed by atoms with Crippen LogP contribution in [0.5, 0.6) is 17.4 Å². The molecule has 174 valence electrons. The zero-order valence-electron chi connectivity index (χ0n) is 17.1. The maximum absolute atomic E-state index is 13.4. The van der Waals surface area contributed by atoms with Gasteiger partial charge in [-0.1, -0.05) is 6.07 Å². The number of methoxy groups -OCH3 is 1. The van der Waals surface area contributed by atoms with Gasteiger partial charge in [0.05, 0.1) is 16.8 Å². The standard InChI is InChI=1S/C20H16F4N4O4S/c1-31-16-8-11(21)6-7-15(16)32-19-14(10-17(27-28-19)20(22,23)24)18(29)26-12-4-3-5-13(9-12)33(2,25)30/h3-10,25H,1-2H3,(H,26,29)/t33-/m0/s1. The summed E-state index contributed by atoms with van der Waals surface area (Å²) in [4.78, 5) is 12.9. The normalized spacial score (nSPS) is 13.2. The molecule has 0 unspecified atom stereocenters. The number of carbonyl (C=O) groups is 1. The summed E-state index contributed by atoms with van der Waals surface area (Å²) in [5.74, 6) is -2.51. The van der Waals surface area contributed by atoms with Crippen molar-refractivity contribution in [1.82, 2.24) is 10.2 Å². The molecular weight excluding hydrogens is 468 g/mol. The van der Waals surface area contributed by atoms with Crippen molar-refractivity contribution >= 4 is 21.3 Å². The molecule has 33 heavy (non-hydrogen) atoms. The number of nitrogens with zero attached hydrogens (tertiary/aromatic N) is 2. The molecular formula is C20H16F4N4O4S. The first-order chi connectivity index (χ1) is 15.4. The predicted octanol–water partition coefficient (Wildman–Crippen LogP) is 4.72. The summed E-state index contributed by atoms with van der Waals surface area (Å²) < 4.78 is 82.9. The Balaban J connectivity index is 2.02. The molecule has 0 bridgehead atoms. The monoisotopic (exact) mass is 484 g/mol. The highest BCUT2D eigenvalue weighted by Crippen LogP contribution is 2.35. The lowest BCUT2D eigenvalue weighted by atomic mass is 10.2. The van der Waals surface area contributed by atoms with Gasteiger partial charge in [0, 0.05) is 22.9 Å². The fourth-order valence-electron chi connectivity index (χ4n) is 2.60. The van der Waals surface area contributed by atoms with Crippen LogP contribution in [-0.2, 0) is 15.9 Å². The number of aromatic nitrogens is 2. The number of ether oxygens (including phenoxy) is 2. The second kappa shape index (κ2) is 9.02. The maximum Gasteiger partial charge on any atom is 0.435 e. The largest absolute Gasteiger partial charge is 0.493 e. The third-order valence-corrected chi connectivity index (χ3v) is 5.32. The van der Waals surface area contributed by atoms with Crippen molar-refractivity contribution in [2.75, 3.05) is 18.7 Å². The van der Waals surface area contributed by atoms with Crippen LogP contribution in [0.4, 0.5) is 23.2 Å². The SMILES string of the molecule is COc1cc(F)ccc1Oc1nnc(C(F)(F)F)cc1C(=O)Nc1cccc([S@@](C)(=N)=O)c1. The zero-order chi connectivity index (χ0) is 24.4. The molecule has 0 spiro atoms. The van der Waals surface area contributed by atoms with Gasteiger partial charge in [0.1, 0.15) is 11.4 Å². The molecule has 1 aromatic heterocycles. The molecule has 3 aromatic rings. The smallest absolute Gasteiger partial charge is 0.435 e. The van der Waals surface area contributed by atoms with Gasteiger partial charge in [0.15, 0.2) is 17.2 Å². The van der Waals surface area contributed by atoms with Gasteiger partial charge >= 0.3 is 6.18 Å². The molecule has 1 atom stereocenters. The quantitative estimate of drug-likeness (QED) is 0.490. The number of amides is 1. The van der Waals surface area contributed by atoms with Gasteiger partial charge in [-0.2, -0.15) is 13.2 Å². The van der Waals surface area contributed by atoms with Gasteiger partial charge in [0.2, 0.25) is 0 Å². The van der Waals surface area contributed by atoms with Crippen LogP contribution in [0.2, 0.25) is 0 Å². The first kappa shape index (κ1) is 23.9. The average molecular weight is 484 g/mol. The zero-order valence-corrected chi connectivity index (χ0v) is 17.9. The first-order valence-corrected chi connectivity index (χ1v) is 11.0. The summed E-state index contributed by atoms with van der Waals surface area (Å²) in [6, 6.07) is 9.08. The Bertz CT molecular complexity index is 1310. The molecule has 3 rings (SSSR count). The molecule has 0 fully saturated rings. The third kappa shape index (κ3) is 5.74. The highest BCUT2D eigenvalue weighted by molar-refractivity contribution is 7.91. The summed E-state index contributed by atoms with van der Waals surface area (Å²) in [6.45, 7) is 0. The fourth-order valence-corrected chi connectivity index (χ4v) is 3.29. The molecule has 1 heterocycles. The number of alkyl halides is 3. The summed E-state index contributed by atoms with van der Waals surface area (Å²) >= 11 is 0. The molecule has 0 saturated carbocycles. The van der Waals surface area contributed by atoms with Gasteiger partial charge in [-0.15, -0.1) is 10.2 Å². The predicted molar refractivity (Wildman–Crippen MR) is 110 cm³/mol. The molecule has 2 N–H and O–H groups in total. The topological polar surface area (TPSA) is 114 Å². The Labute approximate surface area is 185 Å². The van der Waals surface area contributed by atoms with Gasteiger partial charge in [-0.25, -0.2) is 13.4 Å². The number of hydrogen-bond donors (Lipinski definition) is 2. The minimum atomic E-state index is -4.90. The van der Waals surface area contributed by atoms with Crippen molar-refractivity contribution < 1.29 is 36.0 Å². The van der Waals surface area contributed by atoms with Crippen molar-refractivity contribution in [2.24, 2.45) is 0 Å². The molecule has 8 nitrogen and oxygen atoms in total. The fraction of sp³-hybridized carbons (Fsp3) is 0.150. The number of carbonyl (C=O) groups excluding carboxylic acids is 1. The number of anilines is 1. The van der Waals surface area contributed by atoms with E-state index in [4.69, 9.17) is 14.3 Å². The van der Waals surface area contributed by atoms with Gasteiger partial charge in [-0.3, -0.25) is 4.79 Å². The summed E-state index contributed by atoms with van der Waals surface area (Å²) in [7, 11) is -1.88. The van der Waals surface area contributed by atoms with Gasteiger partial charge in [-0.05, 0) is 36.4 Å².